The van der Waals surface area contributed by atoms with Crippen LogP contribution in [0, 0.1) is 0 Å². The lowest BCUT2D eigenvalue weighted by Crippen LogP contribution is -2.29. The van der Waals surface area contributed by atoms with Crippen LogP contribution in [0.2, 0.25) is 0 Å². The van der Waals surface area contributed by atoms with Crippen LogP contribution >= 0.6 is 0 Å². The summed E-state index contributed by atoms with van der Waals surface area (Å²) in [5.41, 5.74) is 4.45. The number of anilines is 1. The molecule has 0 saturated heterocycles. The van der Waals surface area contributed by atoms with Gasteiger partial charge in [0.25, 0.3) is 0 Å². The second-order valence-electron chi connectivity index (χ2n) is 7.92. The number of amides is 1. The van der Waals surface area contributed by atoms with Gasteiger partial charge < -0.3 is 14.2 Å². The van der Waals surface area contributed by atoms with Gasteiger partial charge in [0.2, 0.25) is 17.6 Å². The molecule has 31 heavy (non-hydrogen) atoms. The summed E-state index contributed by atoms with van der Waals surface area (Å²) in [4.78, 5) is 30.7. The summed E-state index contributed by atoms with van der Waals surface area (Å²) in [5, 5.41) is 4.05. The van der Waals surface area contributed by atoms with Crippen LogP contribution in [0.5, 0.6) is 0 Å². The van der Waals surface area contributed by atoms with Gasteiger partial charge in [0.15, 0.2) is 0 Å². The van der Waals surface area contributed by atoms with E-state index in [1.807, 2.05) is 12.1 Å². The highest BCUT2D eigenvalue weighted by Crippen LogP contribution is 2.30. The molecule has 1 aliphatic rings. The number of esters is 1. The monoisotopic (exact) mass is 419 g/mol. The zero-order valence-electron chi connectivity index (χ0n) is 17.9. The number of fused-ring (bicyclic) bond motifs is 1. The third-order valence-electron chi connectivity index (χ3n) is 5.55. The molecule has 0 aliphatic carbocycles. The Bertz CT molecular complexity index is 1100. The molecule has 7 nitrogen and oxygen atoms in total. The fraction of sp³-hybridized carbons (Fsp3) is 0.333. The van der Waals surface area contributed by atoms with Crippen LogP contribution in [-0.2, 0) is 22.4 Å². The lowest BCUT2D eigenvalue weighted by Gasteiger charge is -2.17. The van der Waals surface area contributed by atoms with Crippen molar-refractivity contribution >= 4 is 17.6 Å². The molecule has 1 aliphatic heterocycles. The molecule has 0 saturated carbocycles. The minimum atomic E-state index is -0.376. The van der Waals surface area contributed by atoms with Crippen molar-refractivity contribution in [1.82, 2.24) is 10.1 Å². The highest BCUT2D eigenvalue weighted by molar-refractivity contribution is 5.97. The Hall–Kier alpha value is -3.48. The summed E-state index contributed by atoms with van der Waals surface area (Å²) in [7, 11) is 1.36. The summed E-state index contributed by atoms with van der Waals surface area (Å²) in [5.74, 6) is 1.05. The van der Waals surface area contributed by atoms with Crippen molar-refractivity contribution in [3.05, 3.63) is 65.0 Å². The number of aromatic nitrogens is 2. The minimum Gasteiger partial charge on any atom is -0.465 e. The van der Waals surface area contributed by atoms with Crippen LogP contribution in [0.4, 0.5) is 5.69 Å². The van der Waals surface area contributed by atoms with E-state index in [1.54, 1.807) is 23.1 Å². The summed E-state index contributed by atoms with van der Waals surface area (Å²) in [6.07, 6.45) is 1.36. The van der Waals surface area contributed by atoms with Gasteiger partial charge in [-0.25, -0.2) is 4.79 Å². The summed E-state index contributed by atoms with van der Waals surface area (Å²) in [6.45, 7) is 4.89. The number of hydrogen-bond acceptors (Lipinski definition) is 6. The molecular weight excluding hydrogens is 394 g/mol. The predicted octanol–water partition coefficient (Wildman–Crippen LogP) is 4.17. The fourth-order valence-electron chi connectivity index (χ4n) is 3.75. The highest BCUT2D eigenvalue weighted by Gasteiger charge is 2.26. The molecule has 2 aromatic carbocycles. The van der Waals surface area contributed by atoms with Gasteiger partial charge in [0.05, 0.1) is 12.7 Å². The van der Waals surface area contributed by atoms with Gasteiger partial charge in [-0.1, -0.05) is 43.3 Å². The SMILES string of the molecule is COC(=O)c1ccc2c(c1)CCN2C(=O)CCc1nc(-c2ccc(C(C)C)cc2)no1. The molecule has 4 rings (SSSR count). The Morgan fingerprint density at radius 2 is 1.94 bits per heavy atom. The topological polar surface area (TPSA) is 85.5 Å². The number of nitrogens with zero attached hydrogens (tertiary/aromatic N) is 3. The zero-order valence-corrected chi connectivity index (χ0v) is 17.9. The Kier molecular flexibility index (Phi) is 5.84. The second kappa shape index (κ2) is 8.71. The fourth-order valence-corrected chi connectivity index (χ4v) is 3.75. The number of carbonyl (C=O) groups is 2. The van der Waals surface area contributed by atoms with Crippen molar-refractivity contribution in [1.29, 1.82) is 0 Å². The molecule has 1 amide bonds. The number of rotatable bonds is 6. The van der Waals surface area contributed by atoms with E-state index in [0.29, 0.717) is 42.6 Å². The third kappa shape index (κ3) is 4.35. The standard InChI is InChI=1S/C24H25N3O4/c1-15(2)16-4-6-17(7-5-16)23-25-21(31-26-23)10-11-22(28)27-13-12-18-14-19(24(29)30-3)8-9-20(18)27/h4-9,14-15H,10-13H2,1-3H3. The number of hydrogen-bond donors (Lipinski definition) is 0. The zero-order chi connectivity index (χ0) is 22.0. The minimum absolute atomic E-state index is 0.00870. The normalized spacial score (nSPS) is 12.8. The first-order valence-electron chi connectivity index (χ1n) is 10.4. The van der Waals surface area contributed by atoms with E-state index in [2.05, 4.69) is 36.1 Å². The molecule has 0 radical (unpaired) electrons. The van der Waals surface area contributed by atoms with Crippen LogP contribution in [-0.4, -0.2) is 35.7 Å². The molecule has 0 fully saturated rings. The quantitative estimate of drug-likeness (QED) is 0.558. The molecule has 160 valence electrons. The van der Waals surface area contributed by atoms with E-state index in [0.717, 1.165) is 16.8 Å². The van der Waals surface area contributed by atoms with Crippen LogP contribution in [0.15, 0.2) is 47.0 Å². The smallest absolute Gasteiger partial charge is 0.337 e. The molecular formula is C24H25N3O4. The Morgan fingerprint density at radius 3 is 2.65 bits per heavy atom. The summed E-state index contributed by atoms with van der Waals surface area (Å²) < 4.78 is 10.1. The van der Waals surface area contributed by atoms with Crippen LogP contribution in [0.25, 0.3) is 11.4 Å². The molecule has 0 unspecified atom stereocenters. The average Bonchev–Trinajstić information content (AvgIpc) is 3.43. The van der Waals surface area contributed by atoms with Crippen molar-refractivity contribution in [2.75, 3.05) is 18.6 Å². The Balaban J connectivity index is 1.39. The Labute approximate surface area is 181 Å². The van der Waals surface area contributed by atoms with E-state index in [9.17, 15) is 9.59 Å². The molecule has 0 atom stereocenters. The van der Waals surface area contributed by atoms with Gasteiger partial charge in [0, 0.05) is 30.6 Å². The first-order chi connectivity index (χ1) is 15.0. The molecule has 1 aromatic heterocycles. The maximum Gasteiger partial charge on any atom is 0.337 e. The van der Waals surface area contributed by atoms with Crippen molar-refractivity contribution in [2.45, 2.75) is 39.0 Å². The van der Waals surface area contributed by atoms with Gasteiger partial charge in [0.1, 0.15) is 0 Å². The molecule has 3 aromatic rings. The predicted molar refractivity (Wildman–Crippen MR) is 116 cm³/mol. The lowest BCUT2D eigenvalue weighted by molar-refractivity contribution is -0.118. The largest absolute Gasteiger partial charge is 0.465 e. The molecule has 0 spiro atoms. The first kappa shape index (κ1) is 20.8. The number of aryl methyl sites for hydroxylation is 1. The van der Waals surface area contributed by atoms with E-state index < -0.39 is 0 Å². The van der Waals surface area contributed by atoms with Gasteiger partial charge in [-0.3, -0.25) is 4.79 Å². The van der Waals surface area contributed by atoms with Crippen LogP contribution < -0.4 is 4.90 Å². The van der Waals surface area contributed by atoms with E-state index >= 15 is 0 Å². The van der Waals surface area contributed by atoms with Crippen LogP contribution in [0.1, 0.15) is 53.6 Å². The summed E-state index contributed by atoms with van der Waals surface area (Å²) in [6, 6.07) is 13.4. The van der Waals surface area contributed by atoms with Crippen molar-refractivity contribution in [3.8, 4) is 11.4 Å². The van der Waals surface area contributed by atoms with Crippen LogP contribution in [0.3, 0.4) is 0 Å². The maximum absolute atomic E-state index is 12.8. The summed E-state index contributed by atoms with van der Waals surface area (Å²) >= 11 is 0. The molecule has 0 bridgehead atoms. The lowest BCUT2D eigenvalue weighted by atomic mass is 10.0. The van der Waals surface area contributed by atoms with Crippen molar-refractivity contribution in [3.63, 3.8) is 0 Å². The molecule has 0 N–H and O–H groups in total. The van der Waals surface area contributed by atoms with Crippen molar-refractivity contribution in [2.24, 2.45) is 0 Å². The van der Waals surface area contributed by atoms with E-state index in [4.69, 9.17) is 9.26 Å². The third-order valence-corrected chi connectivity index (χ3v) is 5.55. The van der Waals surface area contributed by atoms with Gasteiger partial charge in [-0.15, -0.1) is 0 Å². The maximum atomic E-state index is 12.8. The first-order valence-corrected chi connectivity index (χ1v) is 10.4. The van der Waals surface area contributed by atoms with Crippen molar-refractivity contribution < 1.29 is 18.8 Å². The molecule has 7 heteroatoms. The second-order valence-corrected chi connectivity index (χ2v) is 7.92. The number of methoxy groups -OCH3 is 1. The molecule has 2 heterocycles. The van der Waals surface area contributed by atoms with Gasteiger partial charge >= 0.3 is 5.97 Å². The highest BCUT2D eigenvalue weighted by atomic mass is 16.5. The number of ether oxygens (including phenoxy) is 1. The average molecular weight is 419 g/mol. The van der Waals surface area contributed by atoms with Gasteiger partial charge in [-0.05, 0) is 41.7 Å². The van der Waals surface area contributed by atoms with E-state index in [-0.39, 0.29) is 18.3 Å². The number of benzene rings is 2. The number of carbonyl (C=O) groups excluding carboxylic acids is 2. The van der Waals surface area contributed by atoms with E-state index in [1.165, 1.54) is 12.7 Å². The van der Waals surface area contributed by atoms with Gasteiger partial charge in [-0.2, -0.15) is 4.98 Å². The Morgan fingerprint density at radius 1 is 1.16 bits per heavy atom.